The molecule has 3 heteroatoms. The average Bonchev–Trinajstić information content (AvgIpc) is 2.76. The van der Waals surface area contributed by atoms with E-state index in [9.17, 15) is 14.7 Å². The van der Waals surface area contributed by atoms with Gasteiger partial charge in [-0.2, -0.15) is 0 Å². The molecule has 4 fully saturated rings. The summed E-state index contributed by atoms with van der Waals surface area (Å²) in [6, 6.07) is 0. The van der Waals surface area contributed by atoms with Gasteiger partial charge in [-0.05, 0) is 60.7 Å². The number of carbonyl (C=O) groups excluding carboxylic acids is 2. The van der Waals surface area contributed by atoms with E-state index >= 15 is 0 Å². The molecular weight excluding hydrogens is 276 g/mol. The molecule has 0 saturated heterocycles. The standard InChI is InChI=1S/C19H28O3/c1-18-8-7-14-17(13(18)5-6-16(18)22)15(21)9-11-3-4-12(20)10-19(11,14)2/h11,13-14,16-17,22H,3-10H2,1-2H3/t11-,13+,14+,16+,17+,18+,19+/m1/s1. The SMILES string of the molecule is C[C@]12CC(=O)CC[C@@H]1CC(=O)[C@@H]1[C@@H]2CC[C@]2(C)[C@@H](O)CC[C@@H]12. The van der Waals surface area contributed by atoms with E-state index in [0.717, 1.165) is 32.1 Å². The van der Waals surface area contributed by atoms with Crippen molar-refractivity contribution in [1.82, 2.24) is 0 Å². The summed E-state index contributed by atoms with van der Waals surface area (Å²) in [7, 11) is 0. The summed E-state index contributed by atoms with van der Waals surface area (Å²) in [5.41, 5.74) is -0.0402. The number of rotatable bonds is 0. The molecule has 0 aliphatic heterocycles. The monoisotopic (exact) mass is 304 g/mol. The minimum absolute atomic E-state index is 0.0305. The quantitative estimate of drug-likeness (QED) is 0.748. The number of aliphatic hydroxyl groups excluding tert-OH is 1. The molecule has 0 aromatic heterocycles. The van der Waals surface area contributed by atoms with Crippen LogP contribution in [0, 0.1) is 34.5 Å². The summed E-state index contributed by atoms with van der Waals surface area (Å²) in [6.45, 7) is 4.48. The van der Waals surface area contributed by atoms with Crippen molar-refractivity contribution in [2.24, 2.45) is 34.5 Å². The normalized spacial score (nSPS) is 54.6. The van der Waals surface area contributed by atoms with Gasteiger partial charge in [0.05, 0.1) is 6.10 Å². The van der Waals surface area contributed by atoms with Gasteiger partial charge in [0.25, 0.3) is 0 Å². The van der Waals surface area contributed by atoms with Crippen LogP contribution in [0.1, 0.15) is 65.2 Å². The summed E-state index contributed by atoms with van der Waals surface area (Å²) in [5.74, 6) is 2.05. The van der Waals surface area contributed by atoms with Crippen molar-refractivity contribution in [1.29, 1.82) is 0 Å². The average molecular weight is 304 g/mol. The number of aliphatic hydroxyl groups is 1. The third-order valence-electron chi connectivity index (χ3n) is 8.17. The molecule has 122 valence electrons. The van der Waals surface area contributed by atoms with Crippen LogP contribution in [-0.2, 0) is 9.59 Å². The van der Waals surface area contributed by atoms with Crippen molar-refractivity contribution in [3.8, 4) is 0 Å². The van der Waals surface area contributed by atoms with Gasteiger partial charge in [-0.3, -0.25) is 9.59 Å². The van der Waals surface area contributed by atoms with Crippen LogP contribution in [0.25, 0.3) is 0 Å². The lowest BCUT2D eigenvalue weighted by molar-refractivity contribution is -0.161. The number of ketones is 2. The van der Waals surface area contributed by atoms with Gasteiger partial charge >= 0.3 is 0 Å². The minimum atomic E-state index is -0.246. The number of Topliss-reactive ketones (excluding diaryl/α,β-unsaturated/α-hetero) is 2. The Labute approximate surface area is 132 Å². The molecule has 4 aliphatic rings. The van der Waals surface area contributed by atoms with E-state index in [4.69, 9.17) is 0 Å². The van der Waals surface area contributed by atoms with Crippen LogP contribution in [0.5, 0.6) is 0 Å². The van der Waals surface area contributed by atoms with Crippen LogP contribution in [0.4, 0.5) is 0 Å². The fraction of sp³-hybridized carbons (Fsp3) is 0.895. The van der Waals surface area contributed by atoms with Crippen molar-refractivity contribution >= 4 is 11.6 Å². The highest BCUT2D eigenvalue weighted by Gasteiger charge is 2.62. The Hall–Kier alpha value is -0.700. The van der Waals surface area contributed by atoms with Gasteiger partial charge in [0.15, 0.2) is 0 Å². The van der Waals surface area contributed by atoms with Gasteiger partial charge in [0, 0.05) is 25.2 Å². The number of fused-ring (bicyclic) bond motifs is 5. The first-order valence-corrected chi connectivity index (χ1v) is 9.09. The molecule has 0 spiro atoms. The molecule has 0 heterocycles. The Balaban J connectivity index is 1.72. The van der Waals surface area contributed by atoms with Crippen molar-refractivity contribution in [2.75, 3.05) is 0 Å². The number of hydrogen-bond acceptors (Lipinski definition) is 3. The molecule has 0 unspecified atom stereocenters. The number of carbonyl (C=O) groups is 2. The lowest BCUT2D eigenvalue weighted by Gasteiger charge is -2.58. The van der Waals surface area contributed by atoms with Gasteiger partial charge < -0.3 is 5.11 Å². The lowest BCUT2D eigenvalue weighted by Crippen LogP contribution is -2.57. The van der Waals surface area contributed by atoms with E-state index in [1.165, 1.54) is 0 Å². The molecule has 0 radical (unpaired) electrons. The van der Waals surface area contributed by atoms with Crippen LogP contribution in [0.3, 0.4) is 0 Å². The molecule has 0 amide bonds. The maximum atomic E-state index is 12.9. The second-order valence-corrected chi connectivity index (χ2v) is 9.00. The smallest absolute Gasteiger partial charge is 0.136 e. The molecule has 0 aromatic carbocycles. The molecule has 0 aromatic rings. The van der Waals surface area contributed by atoms with E-state index in [2.05, 4.69) is 13.8 Å². The highest BCUT2D eigenvalue weighted by Crippen LogP contribution is 2.64. The largest absolute Gasteiger partial charge is 0.393 e. The Bertz CT molecular complexity index is 527. The van der Waals surface area contributed by atoms with E-state index in [1.54, 1.807) is 0 Å². The Kier molecular flexibility index (Phi) is 3.15. The molecule has 4 rings (SSSR count). The second-order valence-electron chi connectivity index (χ2n) is 9.00. The molecule has 4 aliphatic carbocycles. The van der Waals surface area contributed by atoms with Crippen LogP contribution < -0.4 is 0 Å². The summed E-state index contributed by atoms with van der Waals surface area (Å²) < 4.78 is 0. The Morgan fingerprint density at radius 1 is 1.00 bits per heavy atom. The van der Waals surface area contributed by atoms with Gasteiger partial charge in [-0.15, -0.1) is 0 Å². The van der Waals surface area contributed by atoms with Crippen LogP contribution >= 0.6 is 0 Å². The first-order chi connectivity index (χ1) is 10.4. The Morgan fingerprint density at radius 2 is 1.73 bits per heavy atom. The fourth-order valence-electron chi connectivity index (χ4n) is 6.77. The van der Waals surface area contributed by atoms with Gasteiger partial charge in [-0.25, -0.2) is 0 Å². The molecule has 0 bridgehead atoms. The van der Waals surface area contributed by atoms with Gasteiger partial charge in [0.2, 0.25) is 0 Å². The molecule has 4 saturated carbocycles. The van der Waals surface area contributed by atoms with Gasteiger partial charge in [0.1, 0.15) is 11.6 Å². The first-order valence-electron chi connectivity index (χ1n) is 9.09. The fourth-order valence-corrected chi connectivity index (χ4v) is 6.77. The third kappa shape index (κ3) is 1.78. The summed E-state index contributed by atoms with van der Waals surface area (Å²) >= 11 is 0. The number of hydrogen-bond donors (Lipinski definition) is 1. The first kappa shape index (κ1) is 14.9. The van der Waals surface area contributed by atoms with E-state index in [0.29, 0.717) is 48.6 Å². The zero-order chi connectivity index (χ0) is 15.7. The molecular formula is C19H28O3. The molecule has 7 atom stereocenters. The second kappa shape index (κ2) is 4.66. The summed E-state index contributed by atoms with van der Waals surface area (Å²) in [6.07, 6.45) is 6.55. The predicted molar refractivity (Wildman–Crippen MR) is 83.1 cm³/mol. The summed E-state index contributed by atoms with van der Waals surface area (Å²) in [5, 5.41) is 10.4. The van der Waals surface area contributed by atoms with Crippen molar-refractivity contribution in [3.05, 3.63) is 0 Å². The van der Waals surface area contributed by atoms with E-state index in [1.807, 2.05) is 0 Å². The van der Waals surface area contributed by atoms with E-state index < -0.39 is 0 Å². The lowest BCUT2D eigenvalue weighted by atomic mass is 9.45. The third-order valence-corrected chi connectivity index (χ3v) is 8.17. The predicted octanol–water partition coefficient (Wildman–Crippen LogP) is 3.14. The summed E-state index contributed by atoms with van der Waals surface area (Å²) in [4.78, 5) is 25.0. The minimum Gasteiger partial charge on any atom is -0.393 e. The molecule has 1 N–H and O–H groups in total. The topological polar surface area (TPSA) is 54.4 Å². The highest BCUT2D eigenvalue weighted by atomic mass is 16.3. The van der Waals surface area contributed by atoms with E-state index in [-0.39, 0.29) is 22.9 Å². The van der Waals surface area contributed by atoms with Crippen LogP contribution in [0.15, 0.2) is 0 Å². The van der Waals surface area contributed by atoms with Gasteiger partial charge in [-0.1, -0.05) is 13.8 Å². The molecule has 22 heavy (non-hydrogen) atoms. The highest BCUT2D eigenvalue weighted by molar-refractivity contribution is 5.86. The zero-order valence-electron chi connectivity index (χ0n) is 13.8. The zero-order valence-corrected chi connectivity index (χ0v) is 13.8. The maximum absolute atomic E-state index is 12.9. The van der Waals surface area contributed by atoms with Crippen LogP contribution in [0.2, 0.25) is 0 Å². The molecule has 3 nitrogen and oxygen atoms in total. The maximum Gasteiger partial charge on any atom is 0.136 e. The Morgan fingerprint density at radius 3 is 2.50 bits per heavy atom. The van der Waals surface area contributed by atoms with Crippen molar-refractivity contribution < 1.29 is 14.7 Å². The van der Waals surface area contributed by atoms with Crippen molar-refractivity contribution in [3.63, 3.8) is 0 Å². The van der Waals surface area contributed by atoms with Crippen molar-refractivity contribution in [2.45, 2.75) is 71.3 Å². The van der Waals surface area contributed by atoms with Crippen LogP contribution in [-0.4, -0.2) is 22.8 Å².